The van der Waals surface area contributed by atoms with Crippen LogP contribution in [-0.2, 0) is 28.8 Å². The average Bonchev–Trinajstić information content (AvgIpc) is 2.97. The molecule has 12 nitrogen and oxygen atoms in total. The lowest BCUT2D eigenvalue weighted by Gasteiger charge is -2.56. The fourth-order valence-electron chi connectivity index (χ4n) is 5.77. The van der Waals surface area contributed by atoms with Crippen molar-refractivity contribution in [3.05, 3.63) is 0 Å². The Morgan fingerprint density at radius 3 is 1.18 bits per heavy atom. The number of carboxylic acids is 2. The summed E-state index contributed by atoms with van der Waals surface area (Å²) in [6, 6.07) is 0. The highest BCUT2D eigenvalue weighted by atomic mass is 16.4. The summed E-state index contributed by atoms with van der Waals surface area (Å²) in [5.41, 5.74) is 0. The minimum atomic E-state index is -1.56. The van der Waals surface area contributed by atoms with E-state index in [9.17, 15) is 49.2 Å². The van der Waals surface area contributed by atoms with Crippen LogP contribution >= 0.6 is 0 Å². The molecule has 0 bridgehead atoms. The summed E-state index contributed by atoms with van der Waals surface area (Å²) in [5.74, 6) is -17.5. The number of aliphatic hydroxyl groups excluding tert-OH is 2. The molecule has 2 saturated carbocycles. The number of imide groups is 2. The molecule has 0 spiro atoms. The number of likely N-dealkylation sites (tertiary alicyclic amines) is 2. The van der Waals surface area contributed by atoms with E-state index in [0.29, 0.717) is 9.80 Å². The van der Waals surface area contributed by atoms with Crippen molar-refractivity contribution >= 4 is 35.6 Å². The molecule has 8 atom stereocenters. The Morgan fingerprint density at radius 2 is 0.929 bits per heavy atom. The summed E-state index contributed by atoms with van der Waals surface area (Å²) < 4.78 is 0. The molecule has 2 saturated heterocycles. The van der Waals surface area contributed by atoms with Gasteiger partial charge in [0, 0.05) is 0 Å². The van der Waals surface area contributed by atoms with Gasteiger partial charge in [-0.25, -0.2) is 0 Å². The predicted molar refractivity (Wildman–Crippen MR) is 81.1 cm³/mol. The maximum atomic E-state index is 12.6. The van der Waals surface area contributed by atoms with Gasteiger partial charge in [0.05, 0.1) is 35.5 Å². The maximum absolute atomic E-state index is 12.6. The van der Waals surface area contributed by atoms with E-state index in [1.807, 2.05) is 0 Å². The van der Waals surface area contributed by atoms with Gasteiger partial charge in [0.15, 0.2) is 0 Å². The second kappa shape index (κ2) is 5.82. The van der Waals surface area contributed by atoms with Gasteiger partial charge < -0.3 is 20.4 Å². The number of carbonyl (C=O) groups is 6. The quantitative estimate of drug-likeness (QED) is 0.351. The first-order valence-electron chi connectivity index (χ1n) is 8.56. The highest BCUT2D eigenvalue weighted by molar-refractivity contribution is 6.11. The van der Waals surface area contributed by atoms with E-state index in [0.717, 1.165) is 0 Å². The molecule has 2 heterocycles. The Hall–Kier alpha value is -2.86. The first-order chi connectivity index (χ1) is 13.2. The van der Waals surface area contributed by atoms with Gasteiger partial charge in [0.25, 0.3) is 0 Å². The molecular formula is C16H16N2O10. The average molecular weight is 396 g/mol. The first-order valence-corrected chi connectivity index (χ1v) is 8.56. The van der Waals surface area contributed by atoms with Crippen molar-refractivity contribution in [1.82, 2.24) is 9.80 Å². The fraction of sp³-hybridized carbons (Fsp3) is 0.625. The summed E-state index contributed by atoms with van der Waals surface area (Å²) in [6.07, 6.45) is 0. The first kappa shape index (κ1) is 18.5. The van der Waals surface area contributed by atoms with Crippen LogP contribution in [0.15, 0.2) is 0 Å². The number of carboxylic acid groups (broad SMARTS) is 2. The van der Waals surface area contributed by atoms with Crippen LogP contribution in [0, 0.1) is 47.3 Å². The molecule has 4 amide bonds. The summed E-state index contributed by atoms with van der Waals surface area (Å²) in [6.45, 7) is -1.95. The molecule has 4 N–H and O–H groups in total. The van der Waals surface area contributed by atoms with Crippen LogP contribution in [0.3, 0.4) is 0 Å². The number of aliphatic carboxylic acids is 2. The molecule has 0 aromatic heterocycles. The number of fused-ring (bicyclic) bond motifs is 5. The number of carbonyl (C=O) groups excluding carboxylic acids is 4. The molecule has 28 heavy (non-hydrogen) atoms. The Labute approximate surface area is 156 Å². The van der Waals surface area contributed by atoms with E-state index in [1.54, 1.807) is 0 Å². The van der Waals surface area contributed by atoms with Gasteiger partial charge in [0.2, 0.25) is 23.6 Å². The lowest BCUT2D eigenvalue weighted by Crippen LogP contribution is -2.65. The molecule has 4 rings (SSSR count). The molecule has 0 aromatic carbocycles. The van der Waals surface area contributed by atoms with Crippen LogP contribution in [0.25, 0.3) is 0 Å². The predicted octanol–water partition coefficient (Wildman–Crippen LogP) is -3.25. The normalized spacial score (nSPS) is 41.5. The lowest BCUT2D eigenvalue weighted by atomic mass is 9.42. The molecule has 2 aliphatic heterocycles. The van der Waals surface area contributed by atoms with Crippen molar-refractivity contribution in [1.29, 1.82) is 0 Å². The molecule has 8 unspecified atom stereocenters. The smallest absolute Gasteiger partial charge is 0.307 e. The number of aliphatic hydroxyl groups is 2. The number of nitrogens with zero attached hydrogens (tertiary/aromatic N) is 2. The van der Waals surface area contributed by atoms with Gasteiger partial charge in [-0.3, -0.25) is 38.6 Å². The number of hydrogen-bond acceptors (Lipinski definition) is 8. The Balaban J connectivity index is 1.87. The van der Waals surface area contributed by atoms with Crippen LogP contribution in [0.5, 0.6) is 0 Å². The van der Waals surface area contributed by atoms with Crippen LogP contribution in [0.4, 0.5) is 0 Å². The second-order valence-corrected chi connectivity index (χ2v) is 7.48. The highest BCUT2D eigenvalue weighted by Gasteiger charge is 2.77. The molecule has 0 aromatic rings. The van der Waals surface area contributed by atoms with Crippen molar-refractivity contribution in [2.45, 2.75) is 0 Å². The minimum absolute atomic E-state index is 0.408. The molecule has 4 aliphatic rings. The summed E-state index contributed by atoms with van der Waals surface area (Å²) in [4.78, 5) is 75.0. The standard InChI is InChI=1S/C16H16N2O10/c19-1-17-11(21)5-3-4(6(5)12(17)22)10(16(27)28)8-7(9(3)15(25)26)13(23)18(2-20)14(8)24/h3-10,19-20H,1-2H2,(H,25,26)(H,27,28). The van der Waals surface area contributed by atoms with E-state index in [-0.39, 0.29) is 0 Å². The van der Waals surface area contributed by atoms with Gasteiger partial charge in [-0.1, -0.05) is 0 Å². The largest absolute Gasteiger partial charge is 0.481 e. The third-order valence-electron chi connectivity index (χ3n) is 6.71. The van der Waals surface area contributed by atoms with Gasteiger partial charge >= 0.3 is 11.9 Å². The van der Waals surface area contributed by atoms with E-state index >= 15 is 0 Å². The van der Waals surface area contributed by atoms with E-state index in [2.05, 4.69) is 0 Å². The SMILES string of the molecule is O=C(O)C1C2C(=O)N(CO)C(=O)C2C(C(=O)O)C2C3C(=O)N(CO)C(=O)C3C12. The van der Waals surface area contributed by atoms with Crippen LogP contribution in [0.2, 0.25) is 0 Å². The van der Waals surface area contributed by atoms with Gasteiger partial charge in [-0.05, 0) is 11.8 Å². The van der Waals surface area contributed by atoms with Crippen molar-refractivity contribution < 1.29 is 49.2 Å². The molecule has 2 aliphatic carbocycles. The van der Waals surface area contributed by atoms with Crippen LogP contribution < -0.4 is 0 Å². The third-order valence-corrected chi connectivity index (χ3v) is 6.71. The number of amides is 4. The monoisotopic (exact) mass is 396 g/mol. The summed E-state index contributed by atoms with van der Waals surface area (Å²) in [7, 11) is 0. The third kappa shape index (κ3) is 1.91. The zero-order valence-electron chi connectivity index (χ0n) is 14.2. The summed E-state index contributed by atoms with van der Waals surface area (Å²) >= 11 is 0. The van der Waals surface area contributed by atoms with E-state index < -0.39 is 96.4 Å². The Bertz CT molecular complexity index is 775. The van der Waals surface area contributed by atoms with Gasteiger partial charge in [0.1, 0.15) is 13.5 Å². The molecular weight excluding hydrogens is 380 g/mol. The zero-order valence-corrected chi connectivity index (χ0v) is 14.2. The highest BCUT2D eigenvalue weighted by Crippen LogP contribution is 2.65. The minimum Gasteiger partial charge on any atom is -0.481 e. The van der Waals surface area contributed by atoms with Crippen molar-refractivity contribution in [3.63, 3.8) is 0 Å². The van der Waals surface area contributed by atoms with Crippen LogP contribution in [-0.4, -0.2) is 79.3 Å². The van der Waals surface area contributed by atoms with E-state index in [4.69, 9.17) is 0 Å². The molecule has 4 fully saturated rings. The van der Waals surface area contributed by atoms with Crippen molar-refractivity contribution in [2.75, 3.05) is 13.5 Å². The van der Waals surface area contributed by atoms with Gasteiger partial charge in [-0.15, -0.1) is 0 Å². The van der Waals surface area contributed by atoms with E-state index in [1.165, 1.54) is 0 Å². The number of rotatable bonds is 4. The van der Waals surface area contributed by atoms with Gasteiger partial charge in [-0.2, -0.15) is 0 Å². The Kier molecular flexibility index (Phi) is 3.84. The maximum Gasteiger partial charge on any atom is 0.307 e. The topological polar surface area (TPSA) is 190 Å². The fourth-order valence-corrected chi connectivity index (χ4v) is 5.77. The van der Waals surface area contributed by atoms with Crippen LogP contribution in [0.1, 0.15) is 0 Å². The lowest BCUT2D eigenvalue weighted by molar-refractivity contribution is -0.194. The molecule has 0 radical (unpaired) electrons. The van der Waals surface area contributed by atoms with Crippen molar-refractivity contribution in [3.8, 4) is 0 Å². The summed E-state index contributed by atoms with van der Waals surface area (Å²) in [5, 5.41) is 38.1. The molecule has 12 heteroatoms. The zero-order chi connectivity index (χ0) is 20.7. The molecule has 150 valence electrons. The second-order valence-electron chi connectivity index (χ2n) is 7.48. The van der Waals surface area contributed by atoms with Crippen molar-refractivity contribution in [2.24, 2.45) is 47.3 Å². The number of hydrogen-bond donors (Lipinski definition) is 4. The Morgan fingerprint density at radius 1 is 0.643 bits per heavy atom.